The van der Waals surface area contributed by atoms with Crippen LogP contribution >= 0.6 is 0 Å². The van der Waals surface area contributed by atoms with Gasteiger partial charge in [-0.25, -0.2) is 0 Å². The van der Waals surface area contributed by atoms with Crippen LogP contribution in [-0.2, 0) is 5.41 Å². The Bertz CT molecular complexity index is 2780. The summed E-state index contributed by atoms with van der Waals surface area (Å²) in [6.07, 6.45) is 0. The highest BCUT2D eigenvalue weighted by molar-refractivity contribution is 6.11. The van der Waals surface area contributed by atoms with Gasteiger partial charge in [0.05, 0.1) is 0 Å². The summed E-state index contributed by atoms with van der Waals surface area (Å²) in [6.45, 7) is 4.73. The van der Waals surface area contributed by atoms with Gasteiger partial charge in [0.15, 0.2) is 0 Å². The van der Waals surface area contributed by atoms with Crippen molar-refractivity contribution in [1.29, 1.82) is 0 Å². The summed E-state index contributed by atoms with van der Waals surface area (Å²) in [5, 5.41) is 10.3. The summed E-state index contributed by atoms with van der Waals surface area (Å²) in [4.78, 5) is 0. The van der Waals surface area contributed by atoms with Crippen molar-refractivity contribution in [2.24, 2.45) is 0 Å². The molecule has 0 aromatic heterocycles. The molecule has 0 aliphatic heterocycles. The van der Waals surface area contributed by atoms with Crippen LogP contribution in [0.25, 0.3) is 87.6 Å². The van der Waals surface area contributed by atoms with E-state index >= 15 is 0 Å². The van der Waals surface area contributed by atoms with Crippen molar-refractivity contribution in [2.75, 3.05) is 0 Å². The van der Waals surface area contributed by atoms with E-state index < -0.39 is 0 Å². The van der Waals surface area contributed by atoms with Crippen molar-refractivity contribution in [3.63, 3.8) is 0 Å². The van der Waals surface area contributed by atoms with E-state index in [-0.39, 0.29) is 5.41 Å². The van der Waals surface area contributed by atoms with Crippen molar-refractivity contribution in [2.45, 2.75) is 19.3 Å². The van der Waals surface area contributed by atoms with E-state index in [0.717, 1.165) is 0 Å². The lowest BCUT2D eigenvalue weighted by Crippen LogP contribution is -2.14. The number of hydrogen-bond acceptors (Lipinski definition) is 0. The highest BCUT2D eigenvalue weighted by Crippen LogP contribution is 2.50. The summed E-state index contributed by atoms with van der Waals surface area (Å²) in [7, 11) is 0. The molecule has 0 amide bonds. The average Bonchev–Trinajstić information content (AvgIpc) is 3.38. The summed E-state index contributed by atoms with van der Waals surface area (Å²) < 4.78 is 0. The smallest absolute Gasteiger partial charge is 0.0159 e. The van der Waals surface area contributed by atoms with Crippen LogP contribution in [-0.4, -0.2) is 0 Å². The molecular weight excluding hydrogens is 589 g/mol. The zero-order valence-corrected chi connectivity index (χ0v) is 27.7. The SMILES string of the molecule is CC1(C)c2ccccc2-c2cc3ccc4ccc(-c5cc(-c6ccccc6)cc(-c6ccc7ccc8ccccc8c7c6)c5)cc4c3cc21. The minimum atomic E-state index is -0.0377. The highest BCUT2D eigenvalue weighted by Gasteiger charge is 2.35. The molecule has 0 spiro atoms. The number of hydrogen-bond donors (Lipinski definition) is 0. The monoisotopic (exact) mass is 622 g/mol. The molecular formula is C49H34. The molecule has 1 aliphatic rings. The zero-order chi connectivity index (χ0) is 32.7. The van der Waals surface area contributed by atoms with Gasteiger partial charge in [0, 0.05) is 5.41 Å². The molecule has 0 radical (unpaired) electrons. The summed E-state index contributed by atoms with van der Waals surface area (Å²) in [5.74, 6) is 0. The first-order chi connectivity index (χ1) is 24.0. The number of benzene rings is 9. The van der Waals surface area contributed by atoms with E-state index in [4.69, 9.17) is 0 Å². The molecule has 10 rings (SSSR count). The second-order valence-electron chi connectivity index (χ2n) is 14.2. The minimum absolute atomic E-state index is 0.0377. The molecule has 230 valence electrons. The predicted molar refractivity (Wildman–Crippen MR) is 210 cm³/mol. The van der Waals surface area contributed by atoms with Gasteiger partial charge in [-0.3, -0.25) is 0 Å². The molecule has 0 heterocycles. The molecule has 0 atom stereocenters. The van der Waals surface area contributed by atoms with Crippen molar-refractivity contribution >= 4 is 43.1 Å². The molecule has 0 saturated carbocycles. The third-order valence-electron chi connectivity index (χ3n) is 11.0. The lowest BCUT2D eigenvalue weighted by molar-refractivity contribution is 0.661. The fourth-order valence-electron chi connectivity index (χ4n) is 8.37. The normalized spacial score (nSPS) is 13.3. The summed E-state index contributed by atoms with van der Waals surface area (Å²) in [5.41, 5.74) is 12.9. The van der Waals surface area contributed by atoms with Crippen LogP contribution in [0.15, 0.2) is 170 Å². The molecule has 0 unspecified atom stereocenters. The van der Waals surface area contributed by atoms with E-state index in [1.807, 2.05) is 0 Å². The lowest BCUT2D eigenvalue weighted by Gasteiger charge is -2.22. The Hall–Kier alpha value is -5.98. The molecule has 1 aliphatic carbocycles. The number of rotatable bonds is 3. The van der Waals surface area contributed by atoms with Crippen LogP contribution in [0.1, 0.15) is 25.0 Å². The second kappa shape index (κ2) is 10.5. The van der Waals surface area contributed by atoms with Crippen LogP contribution in [0, 0.1) is 0 Å². The van der Waals surface area contributed by atoms with Crippen LogP contribution < -0.4 is 0 Å². The second-order valence-corrected chi connectivity index (χ2v) is 14.2. The van der Waals surface area contributed by atoms with E-state index in [1.165, 1.54) is 98.7 Å². The van der Waals surface area contributed by atoms with Crippen LogP contribution in [0.5, 0.6) is 0 Å². The fraction of sp³-hybridized carbons (Fsp3) is 0.0612. The quantitative estimate of drug-likeness (QED) is 0.172. The summed E-state index contributed by atoms with van der Waals surface area (Å²) >= 11 is 0. The van der Waals surface area contributed by atoms with Crippen molar-refractivity contribution in [3.8, 4) is 44.5 Å². The molecule has 0 fully saturated rings. The van der Waals surface area contributed by atoms with Crippen LogP contribution in [0.2, 0.25) is 0 Å². The first kappa shape index (κ1) is 28.1. The van der Waals surface area contributed by atoms with Gasteiger partial charge < -0.3 is 0 Å². The van der Waals surface area contributed by atoms with Gasteiger partial charge in [-0.05, 0) is 141 Å². The van der Waals surface area contributed by atoms with Gasteiger partial charge in [-0.2, -0.15) is 0 Å². The standard InChI is InChI=1S/C49H34/c1-49(2)47-15-9-8-14-42(47)46-29-37-23-20-34-19-22-36(28-44(34)45(37)30-48(46)49)40-25-38(31-10-4-3-5-11-31)24-39(26-40)35-21-18-33-17-16-32-12-6-7-13-41(32)43(33)27-35/h3-30H,1-2H3. The van der Waals surface area contributed by atoms with Gasteiger partial charge in [0.2, 0.25) is 0 Å². The maximum atomic E-state index is 2.47. The Labute approximate surface area is 286 Å². The average molecular weight is 623 g/mol. The maximum Gasteiger partial charge on any atom is 0.0159 e. The fourth-order valence-corrected chi connectivity index (χ4v) is 8.37. The molecule has 49 heavy (non-hydrogen) atoms. The van der Waals surface area contributed by atoms with E-state index in [9.17, 15) is 0 Å². The first-order valence-corrected chi connectivity index (χ1v) is 17.2. The van der Waals surface area contributed by atoms with Gasteiger partial charge in [0.25, 0.3) is 0 Å². The van der Waals surface area contributed by atoms with Gasteiger partial charge in [0.1, 0.15) is 0 Å². The Morgan fingerprint density at radius 3 is 1.51 bits per heavy atom. The van der Waals surface area contributed by atoms with Crippen molar-refractivity contribution in [3.05, 3.63) is 181 Å². The van der Waals surface area contributed by atoms with Gasteiger partial charge in [-0.1, -0.05) is 141 Å². The number of fused-ring (bicyclic) bond motifs is 9. The molecule has 0 nitrogen and oxygen atoms in total. The van der Waals surface area contributed by atoms with Gasteiger partial charge >= 0.3 is 0 Å². The Morgan fingerprint density at radius 1 is 0.286 bits per heavy atom. The maximum absolute atomic E-state index is 2.47. The van der Waals surface area contributed by atoms with Gasteiger partial charge in [-0.15, -0.1) is 0 Å². The van der Waals surface area contributed by atoms with E-state index in [1.54, 1.807) is 0 Å². The highest BCUT2D eigenvalue weighted by atomic mass is 14.4. The zero-order valence-electron chi connectivity index (χ0n) is 27.7. The molecule has 0 heteroatoms. The van der Waals surface area contributed by atoms with Crippen molar-refractivity contribution in [1.82, 2.24) is 0 Å². The molecule has 0 N–H and O–H groups in total. The molecule has 0 saturated heterocycles. The van der Waals surface area contributed by atoms with Crippen molar-refractivity contribution < 1.29 is 0 Å². The summed E-state index contributed by atoms with van der Waals surface area (Å²) in [6, 6.07) is 63.3. The van der Waals surface area contributed by atoms with Crippen LogP contribution in [0.3, 0.4) is 0 Å². The largest absolute Gasteiger partial charge is 0.0622 e. The molecule has 0 bridgehead atoms. The third kappa shape index (κ3) is 4.38. The Kier molecular flexibility index (Phi) is 6.02. The topological polar surface area (TPSA) is 0 Å². The Balaban J connectivity index is 1.18. The van der Waals surface area contributed by atoms with E-state index in [2.05, 4.69) is 184 Å². The van der Waals surface area contributed by atoms with E-state index in [0.29, 0.717) is 0 Å². The molecule has 9 aromatic rings. The lowest BCUT2D eigenvalue weighted by atomic mass is 9.81. The first-order valence-electron chi connectivity index (χ1n) is 17.2. The minimum Gasteiger partial charge on any atom is -0.0622 e. The third-order valence-corrected chi connectivity index (χ3v) is 11.0. The Morgan fingerprint density at radius 2 is 0.796 bits per heavy atom. The molecule has 9 aromatic carbocycles. The van der Waals surface area contributed by atoms with Crippen LogP contribution in [0.4, 0.5) is 0 Å². The predicted octanol–water partition coefficient (Wildman–Crippen LogP) is 13.6.